The van der Waals surface area contributed by atoms with Crippen LogP contribution in [0.25, 0.3) is 6.08 Å². The normalized spacial score (nSPS) is 17.2. The molecule has 2 aliphatic rings. The van der Waals surface area contributed by atoms with Crippen molar-refractivity contribution in [3.63, 3.8) is 0 Å². The molecule has 2 heterocycles. The SMILES string of the molecule is O=C(/C=C/c1ccc(Cl)cc1Cl)N1CCN(S(=O)(=O)c2ccc3c(c2)OCCO3)CC1. The number of rotatable bonds is 4. The van der Waals surface area contributed by atoms with Crippen LogP contribution in [0.2, 0.25) is 10.0 Å². The fraction of sp³-hybridized carbons (Fsp3) is 0.286. The number of hydrogen-bond acceptors (Lipinski definition) is 5. The summed E-state index contributed by atoms with van der Waals surface area (Å²) in [5.41, 5.74) is 0.680. The summed E-state index contributed by atoms with van der Waals surface area (Å²) in [7, 11) is -3.70. The van der Waals surface area contributed by atoms with Gasteiger partial charge in [0.15, 0.2) is 11.5 Å². The summed E-state index contributed by atoms with van der Waals surface area (Å²) < 4.78 is 38.3. The summed E-state index contributed by atoms with van der Waals surface area (Å²) in [5, 5.41) is 0.968. The Morgan fingerprint density at radius 2 is 1.65 bits per heavy atom. The highest BCUT2D eigenvalue weighted by molar-refractivity contribution is 7.89. The van der Waals surface area contributed by atoms with Crippen molar-refractivity contribution < 1.29 is 22.7 Å². The first-order chi connectivity index (χ1) is 14.8. The Morgan fingerprint density at radius 1 is 0.935 bits per heavy atom. The minimum atomic E-state index is -3.70. The molecule has 2 aromatic rings. The zero-order valence-electron chi connectivity index (χ0n) is 16.5. The fourth-order valence-corrected chi connectivity index (χ4v) is 5.29. The highest BCUT2D eigenvalue weighted by Gasteiger charge is 2.30. The van der Waals surface area contributed by atoms with Crippen LogP contribution < -0.4 is 9.47 Å². The van der Waals surface area contributed by atoms with Gasteiger partial charge in [-0.25, -0.2) is 8.42 Å². The molecule has 0 aliphatic carbocycles. The average molecular weight is 483 g/mol. The minimum absolute atomic E-state index is 0.147. The molecule has 164 valence electrons. The topological polar surface area (TPSA) is 76.2 Å². The summed E-state index contributed by atoms with van der Waals surface area (Å²) >= 11 is 12.0. The number of piperazine rings is 1. The Labute approximate surface area is 190 Å². The maximum absolute atomic E-state index is 13.0. The van der Waals surface area contributed by atoms with Crippen LogP contribution in [0.3, 0.4) is 0 Å². The lowest BCUT2D eigenvalue weighted by atomic mass is 10.2. The summed E-state index contributed by atoms with van der Waals surface area (Å²) in [5.74, 6) is 0.753. The van der Waals surface area contributed by atoms with Crippen LogP contribution in [-0.4, -0.2) is 62.9 Å². The van der Waals surface area contributed by atoms with Gasteiger partial charge in [0.2, 0.25) is 15.9 Å². The van der Waals surface area contributed by atoms with Gasteiger partial charge in [-0.2, -0.15) is 4.31 Å². The zero-order valence-corrected chi connectivity index (χ0v) is 18.8. The number of carbonyl (C=O) groups excluding carboxylic acids is 1. The molecular formula is C21H20Cl2N2O5S. The molecule has 1 saturated heterocycles. The van der Waals surface area contributed by atoms with Crippen LogP contribution in [0.4, 0.5) is 0 Å². The van der Waals surface area contributed by atoms with Crippen LogP contribution >= 0.6 is 23.2 Å². The second-order valence-electron chi connectivity index (χ2n) is 7.03. The Kier molecular flexibility index (Phi) is 6.43. The average Bonchev–Trinajstić information content (AvgIpc) is 2.78. The van der Waals surface area contributed by atoms with E-state index in [1.165, 1.54) is 22.5 Å². The number of ether oxygens (including phenoxy) is 2. The van der Waals surface area contributed by atoms with Gasteiger partial charge in [0.05, 0.1) is 4.90 Å². The number of carbonyl (C=O) groups is 1. The van der Waals surface area contributed by atoms with Crippen molar-refractivity contribution in [3.05, 3.63) is 58.1 Å². The predicted molar refractivity (Wildman–Crippen MR) is 118 cm³/mol. The van der Waals surface area contributed by atoms with E-state index >= 15 is 0 Å². The van der Waals surface area contributed by atoms with E-state index in [-0.39, 0.29) is 23.9 Å². The molecule has 2 aliphatic heterocycles. The van der Waals surface area contributed by atoms with E-state index < -0.39 is 10.0 Å². The molecule has 1 amide bonds. The van der Waals surface area contributed by atoms with Crippen molar-refractivity contribution in [3.8, 4) is 11.5 Å². The largest absolute Gasteiger partial charge is 0.486 e. The zero-order chi connectivity index (χ0) is 22.0. The smallest absolute Gasteiger partial charge is 0.246 e. The van der Waals surface area contributed by atoms with Crippen molar-refractivity contribution in [1.82, 2.24) is 9.21 Å². The van der Waals surface area contributed by atoms with E-state index in [0.717, 1.165) is 0 Å². The molecule has 0 radical (unpaired) electrons. The number of hydrogen-bond donors (Lipinski definition) is 0. The van der Waals surface area contributed by atoms with E-state index in [4.69, 9.17) is 32.7 Å². The number of nitrogens with zero attached hydrogens (tertiary/aromatic N) is 2. The third-order valence-electron chi connectivity index (χ3n) is 5.07. The van der Waals surface area contributed by atoms with Crippen LogP contribution in [0.5, 0.6) is 11.5 Å². The predicted octanol–water partition coefficient (Wildman–Crippen LogP) is 3.31. The first-order valence-electron chi connectivity index (χ1n) is 9.66. The number of benzene rings is 2. The molecule has 0 atom stereocenters. The van der Waals surface area contributed by atoms with E-state index in [9.17, 15) is 13.2 Å². The van der Waals surface area contributed by atoms with Crippen LogP contribution in [-0.2, 0) is 14.8 Å². The van der Waals surface area contributed by atoms with Gasteiger partial charge in [0, 0.05) is 48.4 Å². The number of amides is 1. The maximum Gasteiger partial charge on any atom is 0.246 e. The van der Waals surface area contributed by atoms with Gasteiger partial charge in [-0.3, -0.25) is 4.79 Å². The van der Waals surface area contributed by atoms with E-state index in [1.807, 2.05) is 0 Å². The molecule has 7 nitrogen and oxygen atoms in total. The molecule has 10 heteroatoms. The minimum Gasteiger partial charge on any atom is -0.486 e. The van der Waals surface area contributed by atoms with E-state index in [2.05, 4.69) is 0 Å². The molecule has 0 aromatic heterocycles. The summed E-state index contributed by atoms with van der Waals surface area (Å²) in [6.07, 6.45) is 3.05. The molecule has 0 spiro atoms. The lowest BCUT2D eigenvalue weighted by molar-refractivity contribution is -0.127. The second kappa shape index (κ2) is 9.08. The maximum atomic E-state index is 13.0. The van der Waals surface area contributed by atoms with Gasteiger partial charge in [-0.05, 0) is 35.9 Å². The van der Waals surface area contributed by atoms with Gasteiger partial charge < -0.3 is 14.4 Å². The Hall–Kier alpha value is -2.26. The third kappa shape index (κ3) is 4.82. The van der Waals surface area contributed by atoms with Gasteiger partial charge in [-0.1, -0.05) is 29.3 Å². The van der Waals surface area contributed by atoms with Crippen LogP contribution in [0.15, 0.2) is 47.4 Å². The molecule has 0 N–H and O–H groups in total. The van der Waals surface area contributed by atoms with Gasteiger partial charge in [0.1, 0.15) is 13.2 Å². The lowest BCUT2D eigenvalue weighted by Gasteiger charge is -2.33. The number of sulfonamides is 1. The quantitative estimate of drug-likeness (QED) is 0.624. The van der Waals surface area contributed by atoms with Crippen molar-refractivity contribution in [2.45, 2.75) is 4.90 Å². The first kappa shape index (κ1) is 22.0. The monoisotopic (exact) mass is 482 g/mol. The lowest BCUT2D eigenvalue weighted by Crippen LogP contribution is -2.50. The van der Waals surface area contributed by atoms with E-state index in [0.29, 0.717) is 53.4 Å². The molecule has 31 heavy (non-hydrogen) atoms. The van der Waals surface area contributed by atoms with Crippen molar-refractivity contribution in [1.29, 1.82) is 0 Å². The molecule has 1 fully saturated rings. The van der Waals surface area contributed by atoms with E-state index in [1.54, 1.807) is 35.2 Å². The van der Waals surface area contributed by atoms with Crippen molar-refractivity contribution in [2.24, 2.45) is 0 Å². The summed E-state index contributed by atoms with van der Waals surface area (Å²) in [6, 6.07) is 9.63. The Balaban J connectivity index is 1.39. The fourth-order valence-electron chi connectivity index (χ4n) is 3.39. The summed E-state index contributed by atoms with van der Waals surface area (Å²) in [4.78, 5) is 14.3. The first-order valence-corrected chi connectivity index (χ1v) is 11.9. The van der Waals surface area contributed by atoms with Crippen molar-refractivity contribution in [2.75, 3.05) is 39.4 Å². The Morgan fingerprint density at radius 3 is 2.35 bits per heavy atom. The standard InChI is InChI=1S/C21H20Cl2N2O5S/c22-16-3-1-15(18(23)13-16)2-6-21(26)24-7-9-25(10-8-24)31(27,28)17-4-5-19-20(14-17)30-12-11-29-19/h1-6,13-14H,7-12H2/b6-2+. The molecule has 4 rings (SSSR count). The van der Waals surface area contributed by atoms with Crippen LogP contribution in [0, 0.1) is 0 Å². The van der Waals surface area contributed by atoms with Gasteiger partial charge in [-0.15, -0.1) is 0 Å². The second-order valence-corrected chi connectivity index (χ2v) is 9.82. The third-order valence-corrected chi connectivity index (χ3v) is 7.53. The molecule has 0 unspecified atom stereocenters. The molecule has 2 aromatic carbocycles. The molecule has 0 bridgehead atoms. The summed E-state index contributed by atoms with van der Waals surface area (Å²) in [6.45, 7) is 1.82. The van der Waals surface area contributed by atoms with Crippen LogP contribution in [0.1, 0.15) is 5.56 Å². The molecular weight excluding hydrogens is 463 g/mol. The molecule has 0 saturated carbocycles. The highest BCUT2D eigenvalue weighted by atomic mass is 35.5. The highest BCUT2D eigenvalue weighted by Crippen LogP contribution is 2.33. The van der Waals surface area contributed by atoms with Gasteiger partial charge >= 0.3 is 0 Å². The number of fused-ring (bicyclic) bond motifs is 1. The Bertz CT molecular complexity index is 1130. The van der Waals surface area contributed by atoms with Crippen molar-refractivity contribution >= 4 is 45.2 Å². The van der Waals surface area contributed by atoms with Gasteiger partial charge in [0.25, 0.3) is 0 Å². The number of halogens is 2.